The van der Waals surface area contributed by atoms with E-state index in [2.05, 4.69) is 41.2 Å². The predicted octanol–water partition coefficient (Wildman–Crippen LogP) is 6.97. The highest BCUT2D eigenvalue weighted by atomic mass is 32.2. The zero-order valence-corrected chi connectivity index (χ0v) is 71.1. The number of azo groups is 1. The van der Waals surface area contributed by atoms with Crippen LogP contribution in [0.1, 0.15) is 167 Å². The Morgan fingerprint density at radius 3 is 1.53 bits per heavy atom. The number of pyridine rings is 1. The summed E-state index contributed by atoms with van der Waals surface area (Å²) in [4.78, 5) is 183. The number of carbonyl (C=O) groups excluding carboxylic acids is 11. The van der Waals surface area contributed by atoms with Crippen molar-refractivity contribution < 1.29 is 81.3 Å². The first-order valence-corrected chi connectivity index (χ1v) is 39.9. The number of allylic oxidation sites excluding steroid dienone is 2. The Hall–Kier alpha value is -9.92. The number of sulfonamides is 1. The molecule has 1 saturated heterocycles. The van der Waals surface area contributed by atoms with Crippen LogP contribution >= 0.6 is 0 Å². The van der Waals surface area contributed by atoms with Crippen molar-refractivity contribution in [3.8, 4) is 5.75 Å². The lowest BCUT2D eigenvalue weighted by Gasteiger charge is -2.41. The van der Waals surface area contributed by atoms with E-state index in [9.17, 15) is 66.6 Å². The van der Waals surface area contributed by atoms with Crippen LogP contribution in [0.5, 0.6) is 5.75 Å². The highest BCUT2D eigenvalue weighted by Gasteiger charge is 2.46. The number of anilines is 1. The quantitative estimate of drug-likeness (QED) is 0.0394. The molecule has 113 heavy (non-hydrogen) atoms. The Bertz CT molecular complexity index is 3930. The molecule has 0 saturated carbocycles. The molecule has 2 heterocycles. The average Bonchev–Trinajstić information content (AvgIpc) is 0.804. The van der Waals surface area contributed by atoms with Crippen molar-refractivity contribution >= 4 is 98.2 Å². The summed E-state index contributed by atoms with van der Waals surface area (Å²) >= 11 is 0. The van der Waals surface area contributed by atoms with Gasteiger partial charge in [0.05, 0.1) is 28.9 Å². The van der Waals surface area contributed by atoms with Gasteiger partial charge in [0.1, 0.15) is 77.5 Å². The molecule has 12 atom stereocenters. The number of aromatic carboxylic acids is 1. The fourth-order valence-electron chi connectivity index (χ4n) is 12.9. The minimum absolute atomic E-state index is 0.0229. The molecular weight excluding hydrogens is 1480 g/mol. The van der Waals surface area contributed by atoms with E-state index in [1.54, 1.807) is 66.7 Å². The zero-order valence-electron chi connectivity index (χ0n) is 70.3. The summed E-state index contributed by atoms with van der Waals surface area (Å²) < 4.78 is 27.0. The number of nitrogens with zero attached hydrogens (tertiary/aromatic N) is 10. The molecule has 0 bridgehead atoms. The molecule has 1 aromatic heterocycles. The van der Waals surface area contributed by atoms with Gasteiger partial charge in [-0.25, -0.2) is 18.2 Å². The lowest BCUT2D eigenvalue weighted by Crippen LogP contribution is -2.63. The topological polar surface area (TPSA) is 420 Å². The van der Waals surface area contributed by atoms with Gasteiger partial charge in [-0.15, -0.1) is 0 Å². The number of phenols is 1. The summed E-state index contributed by atoms with van der Waals surface area (Å²) in [5.74, 6) is -11.2. The molecule has 4 rings (SSSR count). The maximum Gasteiger partial charge on any atom is 0.339 e. The average molecular weight is 1600 g/mol. The number of aromatic hydroxyl groups is 1. The van der Waals surface area contributed by atoms with Gasteiger partial charge in [0.2, 0.25) is 65.0 Å². The fraction of sp³-hybridized carbons (Fsp3) is 0.613. The molecule has 0 radical (unpaired) electrons. The molecule has 32 nitrogen and oxygen atoms in total. The minimum atomic E-state index is -3.79. The van der Waals surface area contributed by atoms with Crippen LogP contribution in [0.15, 0.2) is 94.1 Å². The lowest BCUT2D eigenvalue weighted by molar-refractivity contribution is -0.157. The summed E-state index contributed by atoms with van der Waals surface area (Å²) in [6.45, 7) is 29.3. The number of carboxylic acid groups (broad SMARTS) is 1. The second kappa shape index (κ2) is 44.5. The van der Waals surface area contributed by atoms with Crippen molar-refractivity contribution in [2.75, 3.05) is 60.6 Å². The number of carbonyl (C=O) groups is 12. The molecule has 11 amide bonds. The van der Waals surface area contributed by atoms with Crippen LogP contribution in [0, 0.1) is 41.4 Å². The maximum absolute atomic E-state index is 15.1. The number of rotatable bonds is 21. The monoisotopic (exact) mass is 1600 g/mol. The molecular formula is C80H125N15O17S. The molecule has 33 heteroatoms. The molecule has 1 aliphatic rings. The van der Waals surface area contributed by atoms with E-state index in [1.165, 1.54) is 142 Å². The van der Waals surface area contributed by atoms with Gasteiger partial charge in [0.15, 0.2) is 0 Å². The highest BCUT2D eigenvalue weighted by Crippen LogP contribution is 2.29. The standard InChI is InChI=1S/C62H111N11O12.C18H14N4O5S/c1-25-27-28-40(15)52(75)51-56(79)65-43(26-2)58(81)67(18)33-48(74)68(19)44(29-34(3)4)55(78)66-49(38(11)12)61(84)69(20)45(30-35(5)6)54(77)63-41(16)53(76)64-42(17)57(80)70(21)46(31-36(7)8)59(82)71(22)47(32-37(9)10)60(83)72(23)50(39(13)14)62(85)73(51)24;23-16-9-6-13(11-15(16)18(24)25)21-20-12-4-7-14(8-5-12)28(26,27)22-17-3-1-2-10-19-17/h25,27,34-47,49-52,75H,26,28-33H2,1-24H3,(H,63,77)(H,64,76)(H,65,79)(H,66,78);1-11,23H,(H,19,22)(H,24,25)/b27-25+;/t40-,41+,42-,43+,44+,45+,46+,47+,49+,50+,51+,52-;/m1./s1. The number of aliphatic hydroxyl groups excluding tert-OH is 1. The summed E-state index contributed by atoms with van der Waals surface area (Å²) in [5, 5.41) is 49.4. The van der Waals surface area contributed by atoms with E-state index in [0.29, 0.717) is 12.1 Å². The second-order valence-electron chi connectivity index (χ2n) is 31.6. The third-order valence-electron chi connectivity index (χ3n) is 19.6. The first-order chi connectivity index (χ1) is 52.6. The highest BCUT2D eigenvalue weighted by molar-refractivity contribution is 7.92. The number of benzene rings is 2. The van der Waals surface area contributed by atoms with Crippen molar-refractivity contribution in [3.63, 3.8) is 0 Å². The molecule has 628 valence electrons. The normalized spacial score (nSPS) is 23.1. The number of hydrogen-bond acceptors (Lipinski definition) is 19. The van der Waals surface area contributed by atoms with Crippen molar-refractivity contribution in [2.45, 2.75) is 228 Å². The lowest BCUT2D eigenvalue weighted by atomic mass is 9.91. The van der Waals surface area contributed by atoms with Crippen LogP contribution in [0.2, 0.25) is 0 Å². The van der Waals surface area contributed by atoms with Crippen LogP contribution in [-0.4, -0.2) is 256 Å². The number of carboxylic acids is 1. The zero-order chi connectivity index (χ0) is 86.1. The van der Waals surface area contributed by atoms with Crippen LogP contribution in [0.4, 0.5) is 17.2 Å². The Morgan fingerprint density at radius 1 is 0.558 bits per heavy atom. The summed E-state index contributed by atoms with van der Waals surface area (Å²) in [5.41, 5.74) is 0.295. The summed E-state index contributed by atoms with van der Waals surface area (Å²) in [7, 11) is 6.12. The number of hydrogen-bond donors (Lipinski definition) is 8. The Kier molecular flexibility index (Phi) is 38.3. The number of likely N-dealkylation sites (N-methyl/N-ethyl adjacent to an activating group) is 7. The van der Waals surface area contributed by atoms with Gasteiger partial charge >= 0.3 is 5.97 Å². The number of aromatic nitrogens is 1. The van der Waals surface area contributed by atoms with Gasteiger partial charge < -0.3 is 70.9 Å². The molecule has 1 aliphatic heterocycles. The summed E-state index contributed by atoms with van der Waals surface area (Å²) in [6, 6.07) is 1.95. The van der Waals surface area contributed by atoms with Gasteiger partial charge in [-0.1, -0.05) is 115 Å². The van der Waals surface area contributed by atoms with Gasteiger partial charge in [0.25, 0.3) is 10.0 Å². The van der Waals surface area contributed by atoms with Crippen LogP contribution in [0.25, 0.3) is 0 Å². The number of amides is 11. The first kappa shape index (κ1) is 97.3. The smallest absolute Gasteiger partial charge is 0.339 e. The first-order valence-electron chi connectivity index (χ1n) is 38.4. The fourth-order valence-corrected chi connectivity index (χ4v) is 13.9. The van der Waals surface area contributed by atoms with Crippen LogP contribution in [-0.2, 0) is 62.8 Å². The van der Waals surface area contributed by atoms with Gasteiger partial charge in [-0.2, -0.15) is 10.2 Å². The molecule has 2 aromatic carbocycles. The third-order valence-corrected chi connectivity index (χ3v) is 21.0. The van der Waals surface area contributed by atoms with Crippen LogP contribution in [0.3, 0.4) is 0 Å². The van der Waals surface area contributed by atoms with Crippen molar-refractivity contribution in [2.24, 2.45) is 51.7 Å². The molecule has 8 N–H and O–H groups in total. The van der Waals surface area contributed by atoms with E-state index in [0.717, 1.165) is 9.80 Å². The van der Waals surface area contributed by atoms with E-state index < -0.39 is 172 Å². The molecule has 0 unspecified atom stereocenters. The Balaban J connectivity index is 0.000000974. The van der Waals surface area contributed by atoms with Crippen molar-refractivity contribution in [3.05, 3.63) is 84.6 Å². The third kappa shape index (κ3) is 28.0. The van der Waals surface area contributed by atoms with Crippen molar-refractivity contribution in [1.82, 2.24) is 60.6 Å². The largest absolute Gasteiger partial charge is 0.507 e. The second-order valence-corrected chi connectivity index (χ2v) is 33.3. The summed E-state index contributed by atoms with van der Waals surface area (Å²) in [6.07, 6.45) is 4.52. The van der Waals surface area contributed by atoms with Gasteiger partial charge in [-0.3, -0.25) is 57.5 Å². The predicted molar refractivity (Wildman–Crippen MR) is 429 cm³/mol. The van der Waals surface area contributed by atoms with E-state index in [4.69, 9.17) is 5.11 Å². The van der Waals surface area contributed by atoms with E-state index in [1.807, 2.05) is 61.5 Å². The SMILES string of the molecule is C/C=C/C[C@@H](C)[C@@H](O)[C@H]1C(=O)N[C@@H](CC)C(=O)N(C)CC(=O)N(C)[C@@H](CC(C)C)C(=O)N[C@@H](C(C)C)C(=O)N(C)[C@@H](CC(C)C)C(=O)N[C@@H](C)C(=O)N[C@H](C)C(=O)N(C)[C@@H](CC(C)C)C(=O)N(C)[C@@H](CC(C)C)C(=O)N(C)[C@@H](C(C)C)C(=O)N1C.O=C(O)c1cc(N=Nc2ccc(S(=O)(=O)Nc3ccccn3)cc2)ccc1O. The van der Waals surface area contributed by atoms with Gasteiger partial charge in [0, 0.05) is 55.5 Å². The van der Waals surface area contributed by atoms with Gasteiger partial charge in [-0.05, 0) is 155 Å². The molecule has 3 aromatic rings. The molecule has 1 fully saturated rings. The maximum atomic E-state index is 15.1. The van der Waals surface area contributed by atoms with E-state index in [-0.39, 0.29) is 83.5 Å². The molecule has 0 aliphatic carbocycles. The van der Waals surface area contributed by atoms with Crippen molar-refractivity contribution in [1.29, 1.82) is 0 Å². The number of nitrogens with one attached hydrogen (secondary N) is 5. The van der Waals surface area contributed by atoms with E-state index >= 15 is 9.59 Å². The molecule has 0 spiro atoms. The Labute approximate surface area is 667 Å². The Morgan fingerprint density at radius 2 is 1.04 bits per heavy atom. The van der Waals surface area contributed by atoms with Crippen LogP contribution < -0.4 is 26.0 Å². The number of aliphatic hydroxyl groups is 1. The minimum Gasteiger partial charge on any atom is -0.507 e.